The third-order valence-corrected chi connectivity index (χ3v) is 7.89. The Morgan fingerprint density at radius 2 is 1.83 bits per heavy atom. The lowest BCUT2D eigenvalue weighted by Gasteiger charge is -2.28. The summed E-state index contributed by atoms with van der Waals surface area (Å²) in [6, 6.07) is 8.87. The molecule has 0 N–H and O–H groups in total. The van der Waals surface area contributed by atoms with Crippen molar-refractivity contribution in [3.05, 3.63) is 35.4 Å². The Bertz CT molecular complexity index is 716. The number of halogens is 1. The number of rotatable bonds is 15. The summed E-state index contributed by atoms with van der Waals surface area (Å²) in [5.74, 6) is 0.265. The molecule has 1 aromatic carbocycles. The molecule has 1 saturated heterocycles. The van der Waals surface area contributed by atoms with Crippen molar-refractivity contribution in [2.24, 2.45) is 5.92 Å². The molecule has 0 amide bonds. The van der Waals surface area contributed by atoms with E-state index in [9.17, 15) is 9.18 Å². The highest BCUT2D eigenvalue weighted by atomic mass is 19.1. The number of benzene rings is 1. The van der Waals surface area contributed by atoms with Gasteiger partial charge >= 0.3 is 5.97 Å². The Morgan fingerprint density at radius 3 is 2.54 bits per heavy atom. The summed E-state index contributed by atoms with van der Waals surface area (Å²) >= 11 is 0. The van der Waals surface area contributed by atoms with E-state index in [1.807, 2.05) is 0 Å². The molecule has 1 aromatic rings. The molecule has 1 heterocycles. The first kappa shape index (κ1) is 28.1. The number of methoxy groups -OCH3 is 1. The number of alkyl halides is 1. The first-order valence-corrected chi connectivity index (χ1v) is 14.2. The summed E-state index contributed by atoms with van der Waals surface area (Å²) < 4.78 is 31.8. The molecule has 1 aliphatic carbocycles. The third-order valence-electron chi connectivity index (χ3n) is 7.89. The maximum absolute atomic E-state index is 14.8. The zero-order valence-corrected chi connectivity index (χ0v) is 22.0. The number of carbonyl (C=O) groups is 1. The van der Waals surface area contributed by atoms with Crippen LogP contribution in [0.5, 0.6) is 0 Å². The van der Waals surface area contributed by atoms with Crippen molar-refractivity contribution in [3.63, 3.8) is 0 Å². The van der Waals surface area contributed by atoms with Gasteiger partial charge in [-0.1, -0.05) is 69.7 Å². The molecule has 0 radical (unpaired) electrons. The highest BCUT2D eigenvalue weighted by Gasteiger charge is 2.36. The maximum atomic E-state index is 14.8. The SMILES string of the molecule is CCCCCC(OC1CCCCO1)c1ccc([C@H]2CC[C@@H](F)[C@@H]2CCCCCCC(=O)OC)cc1. The Kier molecular flexibility index (Phi) is 12.5. The average molecular weight is 491 g/mol. The molecule has 1 saturated carbocycles. The van der Waals surface area contributed by atoms with E-state index in [0.717, 1.165) is 70.8 Å². The molecule has 2 fully saturated rings. The van der Waals surface area contributed by atoms with Gasteiger partial charge in [0.05, 0.1) is 13.2 Å². The Morgan fingerprint density at radius 1 is 1.03 bits per heavy atom. The van der Waals surface area contributed by atoms with E-state index in [2.05, 4.69) is 31.2 Å². The minimum absolute atomic E-state index is 0.0667. The van der Waals surface area contributed by atoms with Crippen LogP contribution < -0.4 is 0 Å². The smallest absolute Gasteiger partial charge is 0.305 e. The topological polar surface area (TPSA) is 44.8 Å². The minimum atomic E-state index is -0.705. The van der Waals surface area contributed by atoms with Crippen LogP contribution in [0.25, 0.3) is 0 Å². The fourth-order valence-corrected chi connectivity index (χ4v) is 5.77. The van der Waals surface area contributed by atoms with Crippen LogP contribution in [-0.2, 0) is 19.0 Å². The fraction of sp³-hybridized carbons (Fsp3) is 0.767. The largest absolute Gasteiger partial charge is 0.469 e. The van der Waals surface area contributed by atoms with Crippen LogP contribution in [0.1, 0.15) is 126 Å². The molecule has 198 valence electrons. The van der Waals surface area contributed by atoms with Crippen molar-refractivity contribution in [2.75, 3.05) is 13.7 Å². The second-order valence-corrected chi connectivity index (χ2v) is 10.5. The lowest BCUT2D eigenvalue weighted by molar-refractivity contribution is -0.191. The van der Waals surface area contributed by atoms with E-state index < -0.39 is 6.17 Å². The monoisotopic (exact) mass is 490 g/mol. The van der Waals surface area contributed by atoms with Gasteiger partial charge in [-0.05, 0) is 74.3 Å². The van der Waals surface area contributed by atoms with Gasteiger partial charge in [-0.3, -0.25) is 4.79 Å². The van der Waals surface area contributed by atoms with E-state index in [-0.39, 0.29) is 24.3 Å². The molecule has 2 unspecified atom stereocenters. The van der Waals surface area contributed by atoms with E-state index in [4.69, 9.17) is 14.2 Å². The highest BCUT2D eigenvalue weighted by Crippen LogP contribution is 2.44. The lowest BCUT2D eigenvalue weighted by atomic mass is 9.84. The second-order valence-electron chi connectivity index (χ2n) is 10.5. The van der Waals surface area contributed by atoms with Crippen LogP contribution in [0.2, 0.25) is 0 Å². The van der Waals surface area contributed by atoms with E-state index >= 15 is 0 Å². The molecule has 5 heteroatoms. The van der Waals surface area contributed by atoms with E-state index in [1.54, 1.807) is 0 Å². The van der Waals surface area contributed by atoms with Crippen molar-refractivity contribution >= 4 is 5.97 Å². The number of esters is 1. The predicted molar refractivity (Wildman–Crippen MR) is 138 cm³/mol. The summed E-state index contributed by atoms with van der Waals surface area (Å²) in [6.45, 7) is 3.03. The molecule has 4 nitrogen and oxygen atoms in total. The minimum Gasteiger partial charge on any atom is -0.469 e. The normalized spacial score (nSPS) is 25.5. The molecular formula is C30H47FO4. The molecule has 5 atom stereocenters. The Labute approximate surface area is 212 Å². The van der Waals surface area contributed by atoms with Gasteiger partial charge in [-0.15, -0.1) is 0 Å². The molecule has 3 rings (SSSR count). The summed E-state index contributed by atoms with van der Waals surface area (Å²) in [5, 5.41) is 0. The number of unbranched alkanes of at least 4 members (excludes halogenated alkanes) is 5. The van der Waals surface area contributed by atoms with Gasteiger partial charge in [-0.25, -0.2) is 4.39 Å². The van der Waals surface area contributed by atoms with Crippen LogP contribution in [0.3, 0.4) is 0 Å². The molecule has 0 bridgehead atoms. The van der Waals surface area contributed by atoms with Crippen molar-refractivity contribution in [1.82, 2.24) is 0 Å². The molecule has 0 aromatic heterocycles. The number of hydrogen-bond donors (Lipinski definition) is 0. The predicted octanol–water partition coefficient (Wildman–Crippen LogP) is 8.20. The Hall–Kier alpha value is -1.46. The van der Waals surface area contributed by atoms with Gasteiger partial charge in [0.15, 0.2) is 6.29 Å². The van der Waals surface area contributed by atoms with Crippen LogP contribution in [-0.4, -0.2) is 32.1 Å². The molecule has 1 aliphatic heterocycles. The summed E-state index contributed by atoms with van der Waals surface area (Å²) in [7, 11) is 1.43. The van der Waals surface area contributed by atoms with Crippen LogP contribution in [0, 0.1) is 5.92 Å². The number of carbonyl (C=O) groups excluding carboxylic acids is 1. The molecular weight excluding hydrogens is 443 g/mol. The lowest BCUT2D eigenvalue weighted by Crippen LogP contribution is -2.24. The van der Waals surface area contributed by atoms with Crippen LogP contribution in [0.15, 0.2) is 24.3 Å². The maximum Gasteiger partial charge on any atom is 0.305 e. The van der Waals surface area contributed by atoms with Gasteiger partial charge in [0, 0.05) is 13.0 Å². The average Bonchev–Trinajstić information content (AvgIpc) is 3.26. The third kappa shape index (κ3) is 9.17. The number of ether oxygens (including phenoxy) is 3. The highest BCUT2D eigenvalue weighted by molar-refractivity contribution is 5.68. The van der Waals surface area contributed by atoms with E-state index in [1.165, 1.54) is 37.5 Å². The van der Waals surface area contributed by atoms with Gasteiger partial charge in [0.25, 0.3) is 0 Å². The fourth-order valence-electron chi connectivity index (χ4n) is 5.77. The summed E-state index contributed by atoms with van der Waals surface area (Å²) in [5.41, 5.74) is 2.49. The second kappa shape index (κ2) is 15.6. The quantitative estimate of drug-likeness (QED) is 0.184. The van der Waals surface area contributed by atoms with Crippen LogP contribution in [0.4, 0.5) is 4.39 Å². The van der Waals surface area contributed by atoms with Crippen LogP contribution >= 0.6 is 0 Å². The Balaban J connectivity index is 1.54. The first-order chi connectivity index (χ1) is 17.1. The first-order valence-electron chi connectivity index (χ1n) is 14.2. The van der Waals surface area contributed by atoms with Gasteiger partial charge in [-0.2, -0.15) is 0 Å². The van der Waals surface area contributed by atoms with Crippen molar-refractivity contribution in [2.45, 2.75) is 128 Å². The molecule has 0 spiro atoms. The van der Waals surface area contributed by atoms with Crippen molar-refractivity contribution in [3.8, 4) is 0 Å². The zero-order chi connectivity index (χ0) is 24.9. The van der Waals surface area contributed by atoms with Gasteiger partial charge in [0.1, 0.15) is 6.17 Å². The molecule has 2 aliphatic rings. The van der Waals surface area contributed by atoms with Gasteiger partial charge in [0.2, 0.25) is 0 Å². The summed E-state index contributed by atoms with van der Waals surface area (Å²) in [4.78, 5) is 11.2. The number of hydrogen-bond acceptors (Lipinski definition) is 4. The zero-order valence-electron chi connectivity index (χ0n) is 22.0. The van der Waals surface area contributed by atoms with Crippen molar-refractivity contribution < 1.29 is 23.4 Å². The van der Waals surface area contributed by atoms with Crippen molar-refractivity contribution in [1.29, 1.82) is 0 Å². The summed E-state index contributed by atoms with van der Waals surface area (Å²) in [6.07, 6.45) is 14.1. The van der Waals surface area contributed by atoms with E-state index in [0.29, 0.717) is 18.8 Å². The standard InChI is InChI=1S/C30H47FO4/c1-3-4-7-13-28(35-30-15-10-11-22-34-30)24-18-16-23(17-19-24)25-20-21-27(31)26(25)12-8-5-6-9-14-29(32)33-2/h16-19,25-28,30H,3-15,20-22H2,1-2H3/t25-,26-,27-,28?,30?/m1/s1. The van der Waals surface area contributed by atoms with Gasteiger partial charge < -0.3 is 14.2 Å². The molecule has 35 heavy (non-hydrogen) atoms.